The lowest BCUT2D eigenvalue weighted by Gasteiger charge is -2.11. The second kappa shape index (κ2) is 5.89. The van der Waals surface area contributed by atoms with Crippen molar-refractivity contribution < 1.29 is 14.9 Å². The van der Waals surface area contributed by atoms with Gasteiger partial charge in [-0.15, -0.1) is 0 Å². The Kier molecular flexibility index (Phi) is 4.23. The normalized spacial score (nSPS) is 12.8. The standard InChI is InChI=1S/C14H19NO3/c1-2-8-18-14-5-3-4-13-12(14)6-7-15(13)9-11(17)10-16/h3-7,11,16-17H,2,8-10H2,1H3. The number of nitrogens with zero attached hydrogens (tertiary/aromatic N) is 1. The van der Waals surface area contributed by atoms with Gasteiger partial charge < -0.3 is 19.5 Å². The zero-order valence-corrected chi connectivity index (χ0v) is 10.5. The van der Waals surface area contributed by atoms with Crippen molar-refractivity contribution in [2.75, 3.05) is 13.2 Å². The van der Waals surface area contributed by atoms with Crippen LogP contribution in [0.4, 0.5) is 0 Å². The van der Waals surface area contributed by atoms with Crippen LogP contribution in [0.15, 0.2) is 30.5 Å². The molecule has 2 N–H and O–H groups in total. The third kappa shape index (κ3) is 2.66. The van der Waals surface area contributed by atoms with Crippen LogP contribution in [0.2, 0.25) is 0 Å². The summed E-state index contributed by atoms with van der Waals surface area (Å²) in [7, 11) is 0. The van der Waals surface area contributed by atoms with E-state index in [0.717, 1.165) is 23.1 Å². The minimum atomic E-state index is -0.735. The highest BCUT2D eigenvalue weighted by molar-refractivity contribution is 5.86. The van der Waals surface area contributed by atoms with E-state index in [9.17, 15) is 5.11 Å². The van der Waals surface area contributed by atoms with Gasteiger partial charge in [0.2, 0.25) is 0 Å². The first-order valence-corrected chi connectivity index (χ1v) is 6.25. The topological polar surface area (TPSA) is 54.6 Å². The van der Waals surface area contributed by atoms with E-state index in [1.807, 2.05) is 35.0 Å². The van der Waals surface area contributed by atoms with E-state index >= 15 is 0 Å². The van der Waals surface area contributed by atoms with Crippen LogP contribution >= 0.6 is 0 Å². The number of aromatic nitrogens is 1. The maximum absolute atomic E-state index is 9.50. The molecule has 98 valence electrons. The van der Waals surface area contributed by atoms with Crippen molar-refractivity contribution in [1.82, 2.24) is 4.57 Å². The first-order chi connectivity index (χ1) is 8.76. The summed E-state index contributed by atoms with van der Waals surface area (Å²) in [5, 5.41) is 19.4. The van der Waals surface area contributed by atoms with E-state index < -0.39 is 6.10 Å². The molecule has 0 amide bonds. The zero-order valence-electron chi connectivity index (χ0n) is 10.5. The molecule has 2 aromatic rings. The number of hydrogen-bond acceptors (Lipinski definition) is 3. The van der Waals surface area contributed by atoms with E-state index in [0.29, 0.717) is 13.2 Å². The van der Waals surface area contributed by atoms with Gasteiger partial charge in [0, 0.05) is 11.6 Å². The molecule has 1 heterocycles. The molecule has 4 heteroatoms. The predicted molar refractivity (Wildman–Crippen MR) is 70.8 cm³/mol. The van der Waals surface area contributed by atoms with Crippen molar-refractivity contribution in [2.24, 2.45) is 0 Å². The highest BCUT2D eigenvalue weighted by atomic mass is 16.5. The summed E-state index contributed by atoms with van der Waals surface area (Å²) in [6, 6.07) is 7.85. The number of aliphatic hydroxyl groups excluding tert-OH is 2. The summed E-state index contributed by atoms with van der Waals surface area (Å²) < 4.78 is 7.61. The van der Waals surface area contributed by atoms with Gasteiger partial charge in [0.25, 0.3) is 0 Å². The number of hydrogen-bond donors (Lipinski definition) is 2. The van der Waals surface area contributed by atoms with Crippen molar-refractivity contribution in [1.29, 1.82) is 0 Å². The van der Waals surface area contributed by atoms with Gasteiger partial charge in [-0.3, -0.25) is 0 Å². The minimum absolute atomic E-state index is 0.230. The third-order valence-electron chi connectivity index (χ3n) is 2.85. The van der Waals surface area contributed by atoms with E-state index in [1.165, 1.54) is 0 Å². The molecule has 0 spiro atoms. The minimum Gasteiger partial charge on any atom is -0.493 e. The predicted octanol–water partition coefficient (Wildman–Crippen LogP) is 1.78. The van der Waals surface area contributed by atoms with Gasteiger partial charge in [-0.25, -0.2) is 0 Å². The van der Waals surface area contributed by atoms with Crippen LogP contribution in [-0.2, 0) is 6.54 Å². The van der Waals surface area contributed by atoms with Gasteiger partial charge in [-0.05, 0) is 24.6 Å². The van der Waals surface area contributed by atoms with Gasteiger partial charge in [0.15, 0.2) is 0 Å². The Morgan fingerprint density at radius 1 is 1.33 bits per heavy atom. The Morgan fingerprint density at radius 3 is 2.89 bits per heavy atom. The quantitative estimate of drug-likeness (QED) is 0.820. The molecule has 0 bridgehead atoms. The van der Waals surface area contributed by atoms with Crippen molar-refractivity contribution in [2.45, 2.75) is 26.0 Å². The van der Waals surface area contributed by atoms with Crippen LogP contribution in [0.1, 0.15) is 13.3 Å². The molecule has 0 aliphatic rings. The number of benzene rings is 1. The van der Waals surface area contributed by atoms with E-state index in [2.05, 4.69) is 6.92 Å². The average molecular weight is 249 g/mol. The Hall–Kier alpha value is -1.52. The summed E-state index contributed by atoms with van der Waals surface area (Å²) in [6.45, 7) is 2.93. The maximum atomic E-state index is 9.50. The van der Waals surface area contributed by atoms with E-state index in [1.54, 1.807) is 0 Å². The molecule has 0 aliphatic heterocycles. The second-order valence-corrected chi connectivity index (χ2v) is 4.34. The molecule has 1 aromatic heterocycles. The molecule has 0 radical (unpaired) electrons. The molecule has 0 saturated carbocycles. The third-order valence-corrected chi connectivity index (χ3v) is 2.85. The summed E-state index contributed by atoms with van der Waals surface area (Å²) in [4.78, 5) is 0. The van der Waals surface area contributed by atoms with Gasteiger partial charge in [-0.1, -0.05) is 13.0 Å². The summed E-state index contributed by atoms with van der Waals surface area (Å²) in [5.41, 5.74) is 1.01. The number of ether oxygens (including phenoxy) is 1. The molecule has 1 aromatic carbocycles. The molecule has 1 unspecified atom stereocenters. The van der Waals surface area contributed by atoms with Crippen molar-refractivity contribution in [3.8, 4) is 5.75 Å². The highest BCUT2D eigenvalue weighted by Gasteiger charge is 2.09. The number of fused-ring (bicyclic) bond motifs is 1. The van der Waals surface area contributed by atoms with Crippen molar-refractivity contribution in [3.63, 3.8) is 0 Å². The number of rotatable bonds is 6. The monoisotopic (exact) mass is 249 g/mol. The first-order valence-electron chi connectivity index (χ1n) is 6.25. The lowest BCUT2D eigenvalue weighted by Crippen LogP contribution is -2.19. The molecule has 0 aliphatic carbocycles. The SMILES string of the molecule is CCCOc1cccc2c1ccn2CC(O)CO. The largest absolute Gasteiger partial charge is 0.493 e. The fourth-order valence-electron chi connectivity index (χ4n) is 1.98. The molecule has 4 nitrogen and oxygen atoms in total. The summed E-state index contributed by atoms with van der Waals surface area (Å²) in [5.74, 6) is 0.867. The lowest BCUT2D eigenvalue weighted by atomic mass is 10.2. The lowest BCUT2D eigenvalue weighted by molar-refractivity contribution is 0.0822. The molecular weight excluding hydrogens is 230 g/mol. The van der Waals surface area contributed by atoms with Crippen LogP contribution in [0, 0.1) is 0 Å². The Morgan fingerprint density at radius 2 is 2.17 bits per heavy atom. The van der Waals surface area contributed by atoms with E-state index in [-0.39, 0.29) is 6.61 Å². The highest BCUT2D eigenvalue weighted by Crippen LogP contribution is 2.26. The van der Waals surface area contributed by atoms with Gasteiger partial charge in [0.1, 0.15) is 5.75 Å². The molecule has 18 heavy (non-hydrogen) atoms. The van der Waals surface area contributed by atoms with Crippen LogP contribution in [0.5, 0.6) is 5.75 Å². The van der Waals surface area contributed by atoms with Gasteiger partial charge in [-0.2, -0.15) is 0 Å². The Labute approximate surface area is 106 Å². The van der Waals surface area contributed by atoms with Crippen molar-refractivity contribution in [3.05, 3.63) is 30.5 Å². The maximum Gasteiger partial charge on any atom is 0.128 e. The average Bonchev–Trinajstić information content (AvgIpc) is 2.80. The first kappa shape index (κ1) is 12.9. The van der Waals surface area contributed by atoms with Crippen LogP contribution in [0.3, 0.4) is 0 Å². The van der Waals surface area contributed by atoms with Crippen LogP contribution in [-0.4, -0.2) is 34.1 Å². The van der Waals surface area contributed by atoms with Gasteiger partial charge in [0.05, 0.1) is 31.4 Å². The molecular formula is C14H19NO3. The Balaban J connectivity index is 2.29. The smallest absolute Gasteiger partial charge is 0.128 e. The molecule has 0 fully saturated rings. The van der Waals surface area contributed by atoms with Crippen LogP contribution < -0.4 is 4.74 Å². The summed E-state index contributed by atoms with van der Waals surface area (Å²) in [6.07, 6.45) is 2.14. The fraction of sp³-hybridized carbons (Fsp3) is 0.429. The van der Waals surface area contributed by atoms with Crippen molar-refractivity contribution >= 4 is 10.9 Å². The van der Waals surface area contributed by atoms with Gasteiger partial charge >= 0.3 is 0 Å². The summed E-state index contributed by atoms with van der Waals surface area (Å²) >= 11 is 0. The second-order valence-electron chi connectivity index (χ2n) is 4.34. The fourth-order valence-corrected chi connectivity index (χ4v) is 1.98. The molecule has 1 atom stereocenters. The number of aliphatic hydroxyl groups is 2. The molecule has 2 rings (SSSR count). The Bertz CT molecular complexity index is 507. The zero-order chi connectivity index (χ0) is 13.0. The molecule has 0 saturated heterocycles. The van der Waals surface area contributed by atoms with Crippen LogP contribution in [0.25, 0.3) is 10.9 Å². The van der Waals surface area contributed by atoms with E-state index in [4.69, 9.17) is 9.84 Å².